The number of carbonyl (C=O) groups excluding carboxylic acids is 1. The monoisotopic (exact) mass is 439 g/mol. The summed E-state index contributed by atoms with van der Waals surface area (Å²) in [6.07, 6.45) is 0. The van der Waals surface area contributed by atoms with Crippen LogP contribution in [0.5, 0.6) is 11.5 Å². The molecule has 31 heavy (non-hydrogen) atoms. The van der Waals surface area contributed by atoms with E-state index in [1.807, 2.05) is 60.7 Å². The fourth-order valence-corrected chi connectivity index (χ4v) is 2.95. The maximum Gasteiger partial charge on any atom is 0.360 e. The normalized spacial score (nSPS) is 11.0. The van der Waals surface area contributed by atoms with Gasteiger partial charge in [-0.05, 0) is 35.4 Å². The minimum absolute atomic E-state index is 0.0734. The van der Waals surface area contributed by atoms with Gasteiger partial charge in [0.25, 0.3) is 0 Å². The van der Waals surface area contributed by atoms with Crippen LogP contribution in [0.1, 0.15) is 16.7 Å². The van der Waals surface area contributed by atoms with Crippen LogP contribution in [0.15, 0.2) is 78.0 Å². The van der Waals surface area contributed by atoms with E-state index in [1.54, 1.807) is 12.1 Å². The van der Waals surface area contributed by atoms with Gasteiger partial charge in [-0.3, -0.25) is 0 Å². The maximum atomic E-state index is 12.1. The molecule has 0 heterocycles. The summed E-state index contributed by atoms with van der Waals surface area (Å²) in [7, 11) is 2.67. The number of hydrogen-bond donors (Lipinski definition) is 0. The van der Waals surface area contributed by atoms with Crippen molar-refractivity contribution in [1.82, 2.24) is 0 Å². The standard InChI is InChI=1S/C24H22ClNO5/c1-28-24(27)23(26-29-2)22-9-4-3-6-18(22)16-31-21-8-5-7-20(14-21)30-15-17-10-12-19(25)13-11-17/h3-14H,15-16H2,1-2H3/b26-23+. The number of esters is 1. The number of methoxy groups -OCH3 is 1. The molecule has 0 aliphatic heterocycles. The molecule has 0 radical (unpaired) electrons. The summed E-state index contributed by atoms with van der Waals surface area (Å²) in [5.41, 5.74) is 2.42. The Labute approximate surface area is 186 Å². The zero-order valence-electron chi connectivity index (χ0n) is 17.2. The molecule has 0 fully saturated rings. The number of oxime groups is 1. The molecule has 0 unspecified atom stereocenters. The molecule has 3 aromatic carbocycles. The summed E-state index contributed by atoms with van der Waals surface area (Å²) in [4.78, 5) is 16.9. The van der Waals surface area contributed by atoms with Crippen molar-refractivity contribution in [2.45, 2.75) is 13.2 Å². The lowest BCUT2D eigenvalue weighted by atomic mass is 10.0. The summed E-state index contributed by atoms with van der Waals surface area (Å²) in [6, 6.07) is 22.1. The molecule has 0 bridgehead atoms. The van der Waals surface area contributed by atoms with Gasteiger partial charge >= 0.3 is 5.97 Å². The Morgan fingerprint density at radius 2 is 1.55 bits per heavy atom. The summed E-state index contributed by atoms with van der Waals surface area (Å²) in [5, 5.41) is 4.50. The fraction of sp³-hybridized carbons (Fsp3) is 0.167. The number of hydrogen-bond acceptors (Lipinski definition) is 6. The van der Waals surface area contributed by atoms with Crippen molar-refractivity contribution in [3.05, 3.63) is 94.5 Å². The number of halogens is 1. The van der Waals surface area contributed by atoms with Crippen LogP contribution in [0.25, 0.3) is 0 Å². The summed E-state index contributed by atoms with van der Waals surface area (Å²) >= 11 is 5.91. The van der Waals surface area contributed by atoms with Gasteiger partial charge in [0.05, 0.1) is 7.11 Å². The van der Waals surface area contributed by atoms with E-state index in [-0.39, 0.29) is 12.3 Å². The van der Waals surface area contributed by atoms with Gasteiger partial charge in [0.2, 0.25) is 0 Å². The predicted molar refractivity (Wildman–Crippen MR) is 119 cm³/mol. The first-order valence-corrected chi connectivity index (χ1v) is 9.86. The Kier molecular flexibility index (Phi) is 7.90. The van der Waals surface area contributed by atoms with E-state index in [9.17, 15) is 4.79 Å². The van der Waals surface area contributed by atoms with Crippen LogP contribution in [0.3, 0.4) is 0 Å². The fourth-order valence-electron chi connectivity index (χ4n) is 2.82. The molecular formula is C24H22ClNO5. The minimum Gasteiger partial charge on any atom is -0.489 e. The third kappa shape index (κ3) is 6.23. The molecule has 0 aromatic heterocycles. The summed E-state index contributed by atoms with van der Waals surface area (Å²) in [5.74, 6) is 0.718. The Hall–Kier alpha value is -3.51. The van der Waals surface area contributed by atoms with Crippen molar-refractivity contribution in [2.75, 3.05) is 14.2 Å². The second-order valence-electron chi connectivity index (χ2n) is 6.45. The summed E-state index contributed by atoms with van der Waals surface area (Å²) < 4.78 is 16.6. The third-order valence-electron chi connectivity index (χ3n) is 4.35. The number of ether oxygens (including phenoxy) is 3. The lowest BCUT2D eigenvalue weighted by Gasteiger charge is -2.13. The zero-order chi connectivity index (χ0) is 22.1. The number of benzene rings is 3. The van der Waals surface area contributed by atoms with Gasteiger partial charge in [-0.1, -0.05) is 59.2 Å². The van der Waals surface area contributed by atoms with Gasteiger partial charge in [-0.15, -0.1) is 0 Å². The van der Waals surface area contributed by atoms with Gasteiger partial charge in [0.1, 0.15) is 31.8 Å². The average molecular weight is 440 g/mol. The molecule has 0 amide bonds. The molecule has 0 atom stereocenters. The molecule has 6 nitrogen and oxygen atoms in total. The van der Waals surface area contributed by atoms with Crippen LogP contribution in [0.4, 0.5) is 0 Å². The zero-order valence-corrected chi connectivity index (χ0v) is 18.0. The first kappa shape index (κ1) is 22.2. The van der Waals surface area contributed by atoms with Crippen LogP contribution in [-0.2, 0) is 27.6 Å². The molecule has 0 aliphatic rings. The number of carbonyl (C=O) groups is 1. The molecule has 3 aromatic rings. The van der Waals surface area contributed by atoms with E-state index < -0.39 is 5.97 Å². The second-order valence-corrected chi connectivity index (χ2v) is 6.89. The largest absolute Gasteiger partial charge is 0.489 e. The van der Waals surface area contributed by atoms with Gasteiger partial charge in [-0.2, -0.15) is 0 Å². The van der Waals surface area contributed by atoms with Crippen LogP contribution < -0.4 is 9.47 Å². The molecule has 7 heteroatoms. The van der Waals surface area contributed by atoms with Crippen molar-refractivity contribution in [2.24, 2.45) is 5.16 Å². The summed E-state index contributed by atoms with van der Waals surface area (Å²) in [6.45, 7) is 0.635. The smallest absolute Gasteiger partial charge is 0.360 e. The highest BCUT2D eigenvalue weighted by Gasteiger charge is 2.19. The molecular weight excluding hydrogens is 418 g/mol. The Morgan fingerprint density at radius 3 is 2.23 bits per heavy atom. The highest BCUT2D eigenvalue weighted by atomic mass is 35.5. The van der Waals surface area contributed by atoms with Crippen molar-refractivity contribution < 1.29 is 23.8 Å². The minimum atomic E-state index is -0.591. The first-order valence-electron chi connectivity index (χ1n) is 9.48. The Balaban J connectivity index is 1.69. The lowest BCUT2D eigenvalue weighted by Crippen LogP contribution is -2.19. The molecule has 0 spiro atoms. The topological polar surface area (TPSA) is 66.4 Å². The third-order valence-corrected chi connectivity index (χ3v) is 4.60. The van der Waals surface area contributed by atoms with E-state index in [0.29, 0.717) is 28.7 Å². The van der Waals surface area contributed by atoms with Crippen LogP contribution in [0.2, 0.25) is 5.02 Å². The van der Waals surface area contributed by atoms with Gasteiger partial charge in [-0.25, -0.2) is 4.79 Å². The average Bonchev–Trinajstić information content (AvgIpc) is 2.81. The first-order chi connectivity index (χ1) is 15.1. The van der Waals surface area contributed by atoms with Crippen molar-refractivity contribution >= 4 is 23.3 Å². The van der Waals surface area contributed by atoms with E-state index in [1.165, 1.54) is 14.2 Å². The Morgan fingerprint density at radius 1 is 0.871 bits per heavy atom. The van der Waals surface area contributed by atoms with Crippen molar-refractivity contribution in [1.29, 1.82) is 0 Å². The quantitative estimate of drug-likeness (QED) is 0.266. The van der Waals surface area contributed by atoms with Crippen molar-refractivity contribution in [3.8, 4) is 11.5 Å². The van der Waals surface area contributed by atoms with Crippen LogP contribution in [-0.4, -0.2) is 25.9 Å². The Bertz CT molecular complexity index is 1050. The highest BCUT2D eigenvalue weighted by molar-refractivity contribution is 6.43. The van der Waals surface area contributed by atoms with E-state index in [4.69, 9.17) is 30.6 Å². The number of nitrogens with zero attached hydrogens (tertiary/aromatic N) is 1. The molecule has 3 rings (SSSR count). The van der Waals surface area contributed by atoms with Crippen molar-refractivity contribution in [3.63, 3.8) is 0 Å². The predicted octanol–water partition coefficient (Wildman–Crippen LogP) is 5.02. The highest BCUT2D eigenvalue weighted by Crippen LogP contribution is 2.23. The van der Waals surface area contributed by atoms with Gasteiger partial charge in [0, 0.05) is 16.7 Å². The maximum absolute atomic E-state index is 12.1. The van der Waals surface area contributed by atoms with Crippen LogP contribution in [0, 0.1) is 0 Å². The van der Waals surface area contributed by atoms with E-state index >= 15 is 0 Å². The van der Waals surface area contributed by atoms with Gasteiger partial charge < -0.3 is 19.0 Å². The molecule has 0 saturated carbocycles. The molecule has 160 valence electrons. The van der Waals surface area contributed by atoms with E-state index in [2.05, 4.69) is 5.16 Å². The molecule has 0 aliphatic carbocycles. The second kappa shape index (κ2) is 11.0. The SMILES string of the molecule is CO/N=C(/C(=O)OC)c1ccccc1COc1cccc(OCc2ccc(Cl)cc2)c1. The molecule has 0 saturated heterocycles. The lowest BCUT2D eigenvalue weighted by molar-refractivity contribution is -0.132. The van der Waals surface area contributed by atoms with E-state index in [0.717, 1.165) is 11.1 Å². The van der Waals surface area contributed by atoms with Crippen LogP contribution >= 0.6 is 11.6 Å². The number of rotatable bonds is 9. The van der Waals surface area contributed by atoms with Gasteiger partial charge in [0.15, 0.2) is 5.71 Å². The molecule has 0 N–H and O–H groups in total.